The van der Waals surface area contributed by atoms with E-state index in [-0.39, 0.29) is 23.7 Å². The number of nitrogens with zero attached hydrogens (tertiary/aromatic N) is 4. The smallest absolute Gasteiger partial charge is 0.226 e. The molecule has 0 saturated carbocycles. The second-order valence-corrected chi connectivity index (χ2v) is 9.40. The molecule has 1 unspecified atom stereocenters. The van der Waals surface area contributed by atoms with Crippen LogP contribution >= 0.6 is 0 Å². The summed E-state index contributed by atoms with van der Waals surface area (Å²) in [5, 5.41) is 3.25. The lowest BCUT2D eigenvalue weighted by Gasteiger charge is -2.34. The third-order valence-electron chi connectivity index (χ3n) is 7.43. The van der Waals surface area contributed by atoms with Gasteiger partial charge < -0.3 is 15.1 Å². The fourth-order valence-electron chi connectivity index (χ4n) is 5.20. The largest absolute Gasteiger partial charge is 0.373 e. The van der Waals surface area contributed by atoms with Crippen molar-refractivity contribution in [3.63, 3.8) is 0 Å². The molecule has 2 amide bonds. The topological polar surface area (TPSA) is 78.4 Å². The van der Waals surface area contributed by atoms with E-state index in [1.165, 1.54) is 11.1 Å². The lowest BCUT2D eigenvalue weighted by atomic mass is 9.84. The first kappa shape index (κ1) is 21.8. The van der Waals surface area contributed by atoms with Crippen molar-refractivity contribution in [2.75, 3.05) is 32.0 Å². The van der Waals surface area contributed by atoms with Gasteiger partial charge in [0.15, 0.2) is 0 Å². The molecule has 0 aromatic carbocycles. The Bertz CT molecular complexity index is 901. The molecule has 1 N–H and O–H groups in total. The summed E-state index contributed by atoms with van der Waals surface area (Å²) in [7, 11) is 1.90. The number of piperidine rings is 1. The minimum atomic E-state index is 0.103. The standard InChI is InChI=1S/C24H35N5O2/c1-15-5-6-19(13-16(15)2)24(31)29-12-9-20-21(14-29)26-22(27-23(20)25-4)18-7-10-28(11-8-18)17(3)30/h18-19H,5-14H2,1-4H3,(H,25,26,27). The molecule has 1 aliphatic carbocycles. The Morgan fingerprint density at radius 3 is 2.35 bits per heavy atom. The summed E-state index contributed by atoms with van der Waals surface area (Å²) < 4.78 is 0. The molecule has 168 valence electrons. The van der Waals surface area contributed by atoms with Crippen LogP contribution in [0.3, 0.4) is 0 Å². The van der Waals surface area contributed by atoms with Crippen LogP contribution in [0.4, 0.5) is 5.82 Å². The molecule has 1 atom stereocenters. The molecule has 4 rings (SSSR count). The molecule has 0 radical (unpaired) electrons. The van der Waals surface area contributed by atoms with Crippen LogP contribution in [0.1, 0.15) is 75.9 Å². The quantitative estimate of drug-likeness (QED) is 0.752. The monoisotopic (exact) mass is 425 g/mol. The lowest BCUT2D eigenvalue weighted by Crippen LogP contribution is -2.41. The normalized spacial score (nSPS) is 22.4. The maximum atomic E-state index is 13.3. The van der Waals surface area contributed by atoms with E-state index < -0.39 is 0 Å². The summed E-state index contributed by atoms with van der Waals surface area (Å²) in [6, 6.07) is 0. The van der Waals surface area contributed by atoms with Crippen molar-refractivity contribution in [3.05, 3.63) is 28.2 Å². The summed E-state index contributed by atoms with van der Waals surface area (Å²) in [5.41, 5.74) is 4.95. The zero-order chi connectivity index (χ0) is 22.1. The summed E-state index contributed by atoms with van der Waals surface area (Å²) in [6.45, 7) is 8.80. The fraction of sp³-hybridized carbons (Fsp3) is 0.667. The van der Waals surface area contributed by atoms with Gasteiger partial charge in [-0.1, -0.05) is 11.1 Å². The summed E-state index contributed by atoms with van der Waals surface area (Å²) in [5.74, 6) is 2.52. The number of allylic oxidation sites excluding steroid dienone is 2. The maximum Gasteiger partial charge on any atom is 0.226 e. The second-order valence-electron chi connectivity index (χ2n) is 9.40. The molecule has 7 nitrogen and oxygen atoms in total. The molecule has 0 bridgehead atoms. The first-order valence-corrected chi connectivity index (χ1v) is 11.6. The van der Waals surface area contributed by atoms with Crippen LogP contribution in [0, 0.1) is 5.92 Å². The Morgan fingerprint density at radius 1 is 0.968 bits per heavy atom. The van der Waals surface area contributed by atoms with E-state index in [2.05, 4.69) is 19.2 Å². The Balaban J connectivity index is 1.51. The molecular formula is C24H35N5O2. The van der Waals surface area contributed by atoms with Crippen molar-refractivity contribution in [2.45, 2.75) is 71.8 Å². The zero-order valence-corrected chi connectivity index (χ0v) is 19.3. The highest BCUT2D eigenvalue weighted by molar-refractivity contribution is 5.80. The number of likely N-dealkylation sites (tertiary alicyclic amines) is 1. The van der Waals surface area contributed by atoms with Crippen molar-refractivity contribution >= 4 is 17.6 Å². The highest BCUT2D eigenvalue weighted by Crippen LogP contribution is 2.33. The van der Waals surface area contributed by atoms with Crippen LogP contribution in [0.15, 0.2) is 11.1 Å². The first-order valence-electron chi connectivity index (χ1n) is 11.6. The molecule has 1 fully saturated rings. The van der Waals surface area contributed by atoms with Gasteiger partial charge in [0, 0.05) is 51.0 Å². The second kappa shape index (κ2) is 8.97. The van der Waals surface area contributed by atoms with E-state index >= 15 is 0 Å². The van der Waals surface area contributed by atoms with Crippen LogP contribution < -0.4 is 5.32 Å². The van der Waals surface area contributed by atoms with E-state index in [1.807, 2.05) is 16.8 Å². The van der Waals surface area contributed by atoms with Crippen molar-refractivity contribution < 1.29 is 9.59 Å². The van der Waals surface area contributed by atoms with Gasteiger partial charge in [-0.25, -0.2) is 9.97 Å². The third-order valence-corrected chi connectivity index (χ3v) is 7.43. The van der Waals surface area contributed by atoms with Crippen LogP contribution in [-0.4, -0.2) is 58.3 Å². The number of hydrogen-bond donors (Lipinski definition) is 1. The molecule has 0 spiro atoms. The average molecular weight is 426 g/mol. The SMILES string of the molecule is CNc1nc(C2CCN(C(C)=O)CC2)nc2c1CCN(C(=O)C1CCC(C)=C(C)C1)C2. The minimum absolute atomic E-state index is 0.103. The Hall–Kier alpha value is -2.44. The first-order chi connectivity index (χ1) is 14.9. The number of rotatable bonds is 3. The number of hydrogen-bond acceptors (Lipinski definition) is 5. The number of anilines is 1. The summed E-state index contributed by atoms with van der Waals surface area (Å²) in [6.07, 6.45) is 5.44. The van der Waals surface area contributed by atoms with Gasteiger partial charge in [0.25, 0.3) is 0 Å². The van der Waals surface area contributed by atoms with E-state index in [4.69, 9.17) is 9.97 Å². The van der Waals surface area contributed by atoms with Gasteiger partial charge in [0.05, 0.1) is 12.2 Å². The predicted octanol–water partition coefficient (Wildman–Crippen LogP) is 3.27. The van der Waals surface area contributed by atoms with Gasteiger partial charge in [-0.15, -0.1) is 0 Å². The van der Waals surface area contributed by atoms with Gasteiger partial charge in [-0.3, -0.25) is 9.59 Å². The highest BCUT2D eigenvalue weighted by atomic mass is 16.2. The molecule has 3 aliphatic rings. The van der Waals surface area contributed by atoms with E-state index in [0.717, 1.165) is 81.1 Å². The lowest BCUT2D eigenvalue weighted by molar-refractivity contribution is -0.137. The summed E-state index contributed by atoms with van der Waals surface area (Å²) in [4.78, 5) is 38.6. The van der Waals surface area contributed by atoms with E-state index in [1.54, 1.807) is 6.92 Å². The molecule has 31 heavy (non-hydrogen) atoms. The molecular weight excluding hydrogens is 390 g/mol. The van der Waals surface area contributed by atoms with Gasteiger partial charge in [-0.2, -0.15) is 0 Å². The highest BCUT2D eigenvalue weighted by Gasteiger charge is 2.32. The third kappa shape index (κ3) is 4.46. The maximum absolute atomic E-state index is 13.3. The number of aromatic nitrogens is 2. The number of carbonyl (C=O) groups excluding carboxylic acids is 2. The number of fused-ring (bicyclic) bond motifs is 1. The van der Waals surface area contributed by atoms with E-state index in [9.17, 15) is 9.59 Å². The molecule has 2 aliphatic heterocycles. The van der Waals surface area contributed by atoms with Crippen molar-refractivity contribution in [3.8, 4) is 0 Å². The Kier molecular flexibility index (Phi) is 6.30. The van der Waals surface area contributed by atoms with Crippen molar-refractivity contribution in [2.24, 2.45) is 5.92 Å². The van der Waals surface area contributed by atoms with Gasteiger partial charge >= 0.3 is 0 Å². The zero-order valence-electron chi connectivity index (χ0n) is 19.3. The molecule has 7 heteroatoms. The summed E-state index contributed by atoms with van der Waals surface area (Å²) >= 11 is 0. The van der Waals surface area contributed by atoms with Crippen molar-refractivity contribution in [1.29, 1.82) is 0 Å². The van der Waals surface area contributed by atoms with Crippen LogP contribution in [0.25, 0.3) is 0 Å². The van der Waals surface area contributed by atoms with E-state index in [0.29, 0.717) is 6.54 Å². The molecule has 1 aromatic rings. The van der Waals surface area contributed by atoms with Crippen molar-refractivity contribution in [1.82, 2.24) is 19.8 Å². The van der Waals surface area contributed by atoms with Gasteiger partial charge in [-0.05, 0) is 52.4 Å². The van der Waals surface area contributed by atoms with Gasteiger partial charge in [0.2, 0.25) is 11.8 Å². The number of nitrogens with one attached hydrogen (secondary N) is 1. The Morgan fingerprint density at radius 2 is 1.71 bits per heavy atom. The van der Waals surface area contributed by atoms with Crippen LogP contribution in [0.2, 0.25) is 0 Å². The minimum Gasteiger partial charge on any atom is -0.373 e. The number of carbonyl (C=O) groups is 2. The molecule has 3 heterocycles. The molecule has 1 aromatic heterocycles. The van der Waals surface area contributed by atoms with Gasteiger partial charge in [0.1, 0.15) is 11.6 Å². The average Bonchev–Trinajstić information content (AvgIpc) is 2.79. The Labute approximate surface area is 185 Å². The molecule has 1 saturated heterocycles. The fourth-order valence-corrected chi connectivity index (χ4v) is 5.20. The number of amides is 2. The van der Waals surface area contributed by atoms with Crippen LogP contribution in [-0.2, 0) is 22.6 Å². The van der Waals surface area contributed by atoms with Crippen LogP contribution in [0.5, 0.6) is 0 Å². The predicted molar refractivity (Wildman–Crippen MR) is 121 cm³/mol.